The van der Waals surface area contributed by atoms with Crippen LogP contribution in [-0.4, -0.2) is 23.5 Å². The first-order valence-corrected chi connectivity index (χ1v) is 5.76. The molecule has 1 saturated carbocycles. The van der Waals surface area contributed by atoms with Gasteiger partial charge in [0.25, 0.3) is 0 Å². The largest absolute Gasteiger partial charge is 0.320 e. The maximum absolute atomic E-state index is 12.0. The molecule has 2 N–H and O–H groups in total. The molecule has 0 radical (unpaired) electrons. The molecule has 1 aromatic heterocycles. The Morgan fingerprint density at radius 3 is 2.78 bits per heavy atom. The number of aromatic nitrogens is 1. The van der Waals surface area contributed by atoms with Gasteiger partial charge in [-0.2, -0.15) is 0 Å². The molecule has 0 aromatic carbocycles. The van der Waals surface area contributed by atoms with Gasteiger partial charge in [-0.1, -0.05) is 6.07 Å². The molecule has 0 saturated heterocycles. The number of hydrogen-bond donors (Lipinski definition) is 1. The molecule has 2 heterocycles. The van der Waals surface area contributed by atoms with Crippen LogP contribution in [0.15, 0.2) is 18.3 Å². The van der Waals surface area contributed by atoms with Gasteiger partial charge >= 0.3 is 0 Å². The van der Waals surface area contributed by atoms with E-state index in [2.05, 4.69) is 4.98 Å². The van der Waals surface area contributed by atoms with Crippen LogP contribution in [0.3, 0.4) is 0 Å². The Bertz CT molecular complexity index is 437. The molecule has 2 aliphatic rings. The van der Waals surface area contributed by atoms with Crippen molar-refractivity contribution >= 4 is 36.5 Å². The van der Waals surface area contributed by atoms with Crippen molar-refractivity contribution in [2.45, 2.75) is 25.3 Å². The zero-order valence-corrected chi connectivity index (χ0v) is 11.5. The summed E-state index contributed by atoms with van der Waals surface area (Å²) in [5.74, 6) is 1.50. The fourth-order valence-corrected chi connectivity index (χ4v) is 2.20. The summed E-state index contributed by atoms with van der Waals surface area (Å²) in [6.45, 7) is 0.788. The van der Waals surface area contributed by atoms with E-state index < -0.39 is 6.04 Å². The molecule has 0 spiro atoms. The van der Waals surface area contributed by atoms with Crippen LogP contribution in [-0.2, 0) is 11.2 Å². The van der Waals surface area contributed by atoms with Crippen LogP contribution in [0, 0.1) is 5.92 Å². The van der Waals surface area contributed by atoms with Gasteiger partial charge in [0.15, 0.2) is 0 Å². The predicted octanol–water partition coefficient (Wildman–Crippen LogP) is 1.55. The fraction of sp³-hybridized carbons (Fsp3) is 0.500. The van der Waals surface area contributed by atoms with Crippen LogP contribution >= 0.6 is 24.8 Å². The average molecular weight is 290 g/mol. The second kappa shape index (κ2) is 5.87. The first kappa shape index (κ1) is 15.2. The standard InChI is InChI=1S/C12H15N3O.2ClH/c13-10-6-9-2-1-5-14-11(9)15(12(10)16)7-8-3-4-8;;/h1-2,5,8,10H,3-4,6-7,13H2;2*1H. The molecular formula is C12H17Cl2N3O. The lowest BCUT2D eigenvalue weighted by atomic mass is 10.0. The molecule has 1 aliphatic carbocycles. The third-order valence-electron chi connectivity index (χ3n) is 3.28. The molecule has 100 valence electrons. The van der Waals surface area contributed by atoms with Crippen molar-refractivity contribution in [3.63, 3.8) is 0 Å². The zero-order valence-electron chi connectivity index (χ0n) is 9.91. The molecule has 4 nitrogen and oxygen atoms in total. The summed E-state index contributed by atoms with van der Waals surface area (Å²) >= 11 is 0. The minimum atomic E-state index is -0.393. The topological polar surface area (TPSA) is 59.2 Å². The number of amides is 1. The smallest absolute Gasteiger partial charge is 0.245 e. The third kappa shape index (κ3) is 2.76. The van der Waals surface area contributed by atoms with Crippen molar-refractivity contribution < 1.29 is 4.79 Å². The van der Waals surface area contributed by atoms with Gasteiger partial charge in [0.05, 0.1) is 6.04 Å². The minimum absolute atomic E-state index is 0. The van der Waals surface area contributed by atoms with Crippen molar-refractivity contribution in [2.75, 3.05) is 11.4 Å². The van der Waals surface area contributed by atoms with Gasteiger partial charge in [0.2, 0.25) is 5.91 Å². The second-order valence-corrected chi connectivity index (χ2v) is 4.69. The fourth-order valence-electron chi connectivity index (χ4n) is 2.20. The maximum atomic E-state index is 12.0. The molecule has 1 aromatic rings. The summed E-state index contributed by atoms with van der Waals surface area (Å²) in [5, 5.41) is 0. The van der Waals surface area contributed by atoms with Gasteiger partial charge in [-0.3, -0.25) is 9.69 Å². The maximum Gasteiger partial charge on any atom is 0.245 e. The number of nitrogens with two attached hydrogens (primary N) is 1. The van der Waals surface area contributed by atoms with Crippen molar-refractivity contribution in [1.29, 1.82) is 0 Å². The Morgan fingerprint density at radius 1 is 1.39 bits per heavy atom. The van der Waals surface area contributed by atoms with E-state index in [-0.39, 0.29) is 30.7 Å². The van der Waals surface area contributed by atoms with Gasteiger partial charge in [-0.05, 0) is 30.4 Å². The highest BCUT2D eigenvalue weighted by Gasteiger charge is 2.35. The Hall–Kier alpha value is -0.840. The number of carbonyl (C=O) groups excluding carboxylic acids is 1. The predicted molar refractivity (Wildman–Crippen MR) is 75.5 cm³/mol. The molecule has 0 bridgehead atoms. The molecule has 1 unspecified atom stereocenters. The summed E-state index contributed by atoms with van der Waals surface area (Å²) in [7, 11) is 0. The quantitative estimate of drug-likeness (QED) is 0.899. The second-order valence-electron chi connectivity index (χ2n) is 4.69. The minimum Gasteiger partial charge on any atom is -0.320 e. The number of halogens is 2. The van der Waals surface area contributed by atoms with Crippen molar-refractivity contribution in [3.05, 3.63) is 23.9 Å². The van der Waals surface area contributed by atoms with Crippen molar-refractivity contribution in [2.24, 2.45) is 11.7 Å². The Labute approximate surface area is 119 Å². The number of nitrogens with zero attached hydrogens (tertiary/aromatic N) is 2. The van der Waals surface area contributed by atoms with Gasteiger partial charge in [-0.15, -0.1) is 24.8 Å². The summed E-state index contributed by atoms with van der Waals surface area (Å²) in [6.07, 6.45) is 4.80. The van der Waals surface area contributed by atoms with Gasteiger partial charge in [0.1, 0.15) is 5.82 Å². The van der Waals surface area contributed by atoms with Crippen LogP contribution in [0.4, 0.5) is 5.82 Å². The van der Waals surface area contributed by atoms with E-state index in [1.54, 1.807) is 11.1 Å². The molecule has 18 heavy (non-hydrogen) atoms. The Kier molecular flexibility index (Phi) is 4.96. The molecule has 1 amide bonds. The number of anilines is 1. The van der Waals surface area contributed by atoms with Gasteiger partial charge in [-0.25, -0.2) is 4.98 Å². The third-order valence-corrected chi connectivity index (χ3v) is 3.28. The van der Waals surface area contributed by atoms with E-state index in [0.717, 1.165) is 17.9 Å². The SMILES string of the molecule is Cl.Cl.NC1Cc2cccnc2N(CC2CC2)C1=O. The first-order chi connectivity index (χ1) is 7.75. The van der Waals surface area contributed by atoms with Crippen LogP contribution in [0.5, 0.6) is 0 Å². The monoisotopic (exact) mass is 289 g/mol. The molecule has 6 heteroatoms. The van der Waals surface area contributed by atoms with Crippen molar-refractivity contribution in [1.82, 2.24) is 4.98 Å². The number of fused-ring (bicyclic) bond motifs is 1. The van der Waals surface area contributed by atoms with E-state index in [0.29, 0.717) is 12.3 Å². The number of pyridine rings is 1. The van der Waals surface area contributed by atoms with E-state index in [4.69, 9.17) is 5.73 Å². The first-order valence-electron chi connectivity index (χ1n) is 5.76. The molecule has 3 rings (SSSR count). The van der Waals surface area contributed by atoms with Gasteiger partial charge < -0.3 is 5.73 Å². The molecule has 1 aliphatic heterocycles. The van der Waals surface area contributed by atoms with Gasteiger partial charge in [0, 0.05) is 19.2 Å². The van der Waals surface area contributed by atoms with Crippen LogP contribution in [0.2, 0.25) is 0 Å². The molecule has 1 atom stereocenters. The van der Waals surface area contributed by atoms with Crippen LogP contribution in [0.25, 0.3) is 0 Å². The van der Waals surface area contributed by atoms with E-state index in [9.17, 15) is 4.79 Å². The highest BCUT2D eigenvalue weighted by molar-refractivity contribution is 5.99. The normalized spacial score (nSPS) is 21.7. The van der Waals surface area contributed by atoms with E-state index in [1.165, 1.54) is 12.8 Å². The lowest BCUT2D eigenvalue weighted by Crippen LogP contribution is -2.50. The van der Waals surface area contributed by atoms with E-state index in [1.807, 2.05) is 12.1 Å². The summed E-state index contributed by atoms with van der Waals surface area (Å²) in [4.78, 5) is 18.1. The summed E-state index contributed by atoms with van der Waals surface area (Å²) < 4.78 is 0. The number of carbonyl (C=O) groups is 1. The summed E-state index contributed by atoms with van der Waals surface area (Å²) in [6, 6.07) is 3.51. The Morgan fingerprint density at radius 2 is 2.11 bits per heavy atom. The van der Waals surface area contributed by atoms with E-state index >= 15 is 0 Å². The highest BCUT2D eigenvalue weighted by Crippen LogP contribution is 2.33. The highest BCUT2D eigenvalue weighted by atomic mass is 35.5. The molecule has 1 fully saturated rings. The van der Waals surface area contributed by atoms with Crippen LogP contribution < -0.4 is 10.6 Å². The zero-order chi connectivity index (χ0) is 11.1. The Balaban J connectivity index is 0.000000810. The summed E-state index contributed by atoms with van der Waals surface area (Å²) in [5.41, 5.74) is 6.95. The lowest BCUT2D eigenvalue weighted by molar-refractivity contribution is -0.120. The number of rotatable bonds is 2. The molecular weight excluding hydrogens is 273 g/mol. The average Bonchev–Trinajstić information content (AvgIpc) is 3.08. The van der Waals surface area contributed by atoms with Crippen molar-refractivity contribution in [3.8, 4) is 0 Å². The lowest BCUT2D eigenvalue weighted by Gasteiger charge is -2.31. The van der Waals surface area contributed by atoms with Crippen LogP contribution in [0.1, 0.15) is 18.4 Å². The number of hydrogen-bond acceptors (Lipinski definition) is 3.